The summed E-state index contributed by atoms with van der Waals surface area (Å²) in [6.45, 7) is 6.99. The zero-order valence-electron chi connectivity index (χ0n) is 16.1. The average Bonchev–Trinajstić information content (AvgIpc) is 2.73. The Bertz CT molecular complexity index is 850. The van der Waals surface area contributed by atoms with E-state index < -0.39 is 11.9 Å². The summed E-state index contributed by atoms with van der Waals surface area (Å²) in [5.74, 6) is 1.61. The number of halogens is 3. The van der Waals surface area contributed by atoms with Crippen molar-refractivity contribution in [3.05, 3.63) is 29.7 Å². The molecule has 2 aromatic heterocycles. The molecular formula is C18H22F3N7O. The summed E-state index contributed by atoms with van der Waals surface area (Å²) in [6, 6.07) is 2.84. The lowest BCUT2D eigenvalue weighted by Crippen LogP contribution is -2.48. The van der Waals surface area contributed by atoms with Gasteiger partial charge in [0.25, 0.3) is 0 Å². The van der Waals surface area contributed by atoms with Crippen LogP contribution >= 0.6 is 0 Å². The molecule has 11 heteroatoms. The van der Waals surface area contributed by atoms with Crippen LogP contribution in [0.2, 0.25) is 0 Å². The Morgan fingerprint density at radius 3 is 2.17 bits per heavy atom. The molecule has 4 heterocycles. The molecule has 0 bridgehead atoms. The van der Waals surface area contributed by atoms with Gasteiger partial charge in [0.05, 0.1) is 13.2 Å². The largest absolute Gasteiger partial charge is 0.433 e. The van der Waals surface area contributed by atoms with E-state index in [2.05, 4.69) is 19.9 Å². The van der Waals surface area contributed by atoms with Gasteiger partial charge < -0.3 is 19.4 Å². The minimum Gasteiger partial charge on any atom is -0.378 e. The van der Waals surface area contributed by atoms with Crippen LogP contribution in [0.15, 0.2) is 18.3 Å². The van der Waals surface area contributed by atoms with E-state index in [1.54, 1.807) is 4.90 Å². The third-order valence-corrected chi connectivity index (χ3v) is 4.94. The normalized spacial score (nSPS) is 18.3. The van der Waals surface area contributed by atoms with Crippen LogP contribution in [0.5, 0.6) is 0 Å². The van der Waals surface area contributed by atoms with E-state index in [1.807, 2.05) is 17.9 Å². The molecule has 2 aromatic rings. The van der Waals surface area contributed by atoms with Gasteiger partial charge in [0, 0.05) is 57.2 Å². The van der Waals surface area contributed by atoms with E-state index in [4.69, 9.17) is 9.72 Å². The molecule has 2 aliphatic rings. The van der Waals surface area contributed by atoms with Gasteiger partial charge in [-0.15, -0.1) is 0 Å². The number of hydrogen-bond acceptors (Lipinski definition) is 8. The Balaban J connectivity index is 1.45. The number of morpholine rings is 1. The summed E-state index contributed by atoms with van der Waals surface area (Å²) >= 11 is 0. The Morgan fingerprint density at radius 1 is 0.862 bits per heavy atom. The summed E-state index contributed by atoms with van der Waals surface area (Å²) in [5.41, 5.74) is -0.0535. The van der Waals surface area contributed by atoms with Crippen LogP contribution in [0.1, 0.15) is 11.4 Å². The van der Waals surface area contributed by atoms with Crippen LogP contribution in [0, 0.1) is 6.92 Å². The van der Waals surface area contributed by atoms with E-state index >= 15 is 0 Å². The van der Waals surface area contributed by atoms with Crippen molar-refractivity contribution in [3.8, 4) is 0 Å². The fourth-order valence-electron chi connectivity index (χ4n) is 3.40. The highest BCUT2D eigenvalue weighted by Crippen LogP contribution is 2.28. The predicted octanol–water partition coefficient (Wildman–Crippen LogP) is 1.76. The molecule has 0 radical (unpaired) electrons. The summed E-state index contributed by atoms with van der Waals surface area (Å²) in [7, 11) is 0. The number of hydrogen-bond donors (Lipinski definition) is 0. The summed E-state index contributed by atoms with van der Waals surface area (Å²) < 4.78 is 44.1. The first kappa shape index (κ1) is 19.6. The summed E-state index contributed by atoms with van der Waals surface area (Å²) in [5, 5.41) is 0. The topological polar surface area (TPSA) is 70.5 Å². The van der Waals surface area contributed by atoms with E-state index in [-0.39, 0.29) is 5.95 Å². The van der Waals surface area contributed by atoms with Crippen molar-refractivity contribution >= 4 is 17.7 Å². The molecule has 8 nitrogen and oxygen atoms in total. The number of nitrogens with zero attached hydrogens (tertiary/aromatic N) is 7. The van der Waals surface area contributed by atoms with Crippen LogP contribution in [-0.2, 0) is 10.9 Å². The molecule has 0 N–H and O–H groups in total. The first-order chi connectivity index (χ1) is 13.9. The lowest BCUT2D eigenvalue weighted by molar-refractivity contribution is -0.141. The number of aryl methyl sites for hydroxylation is 1. The monoisotopic (exact) mass is 409 g/mol. The van der Waals surface area contributed by atoms with Crippen LogP contribution in [0.4, 0.5) is 30.9 Å². The molecule has 0 saturated carbocycles. The average molecular weight is 409 g/mol. The van der Waals surface area contributed by atoms with E-state index in [1.165, 1.54) is 0 Å². The van der Waals surface area contributed by atoms with Gasteiger partial charge in [-0.05, 0) is 13.0 Å². The second-order valence-electron chi connectivity index (χ2n) is 6.98. The summed E-state index contributed by atoms with van der Waals surface area (Å²) in [4.78, 5) is 22.9. The van der Waals surface area contributed by atoms with E-state index in [0.717, 1.165) is 36.9 Å². The van der Waals surface area contributed by atoms with Crippen LogP contribution < -0.4 is 14.7 Å². The second-order valence-corrected chi connectivity index (χ2v) is 6.98. The third-order valence-electron chi connectivity index (χ3n) is 4.94. The molecule has 4 rings (SSSR count). The molecule has 0 spiro atoms. The highest BCUT2D eigenvalue weighted by Gasteiger charge is 2.33. The molecule has 2 fully saturated rings. The lowest BCUT2D eigenvalue weighted by atomic mass is 10.3. The van der Waals surface area contributed by atoms with Crippen LogP contribution in [-0.4, -0.2) is 72.4 Å². The lowest BCUT2D eigenvalue weighted by Gasteiger charge is -2.35. The van der Waals surface area contributed by atoms with Gasteiger partial charge in [-0.3, -0.25) is 0 Å². The molecular weight excluding hydrogens is 387 g/mol. The van der Waals surface area contributed by atoms with E-state index in [0.29, 0.717) is 45.3 Å². The van der Waals surface area contributed by atoms with Crippen molar-refractivity contribution < 1.29 is 17.9 Å². The van der Waals surface area contributed by atoms with Crippen molar-refractivity contribution in [1.82, 2.24) is 19.9 Å². The highest BCUT2D eigenvalue weighted by atomic mass is 19.4. The Labute approximate surface area is 166 Å². The van der Waals surface area contributed by atoms with E-state index in [9.17, 15) is 13.2 Å². The molecule has 29 heavy (non-hydrogen) atoms. The van der Waals surface area contributed by atoms with Crippen LogP contribution in [0.3, 0.4) is 0 Å². The molecule has 2 aliphatic heterocycles. The Morgan fingerprint density at radius 2 is 1.52 bits per heavy atom. The minimum absolute atomic E-state index is 0.0960. The van der Waals surface area contributed by atoms with Crippen molar-refractivity contribution in [3.63, 3.8) is 0 Å². The number of piperazine rings is 1. The molecule has 0 amide bonds. The molecule has 2 saturated heterocycles. The number of aromatic nitrogens is 4. The van der Waals surface area contributed by atoms with Gasteiger partial charge in [0.15, 0.2) is 0 Å². The first-order valence-corrected chi connectivity index (χ1v) is 9.49. The quantitative estimate of drug-likeness (QED) is 0.760. The van der Waals surface area contributed by atoms with Crippen molar-refractivity contribution in [2.75, 3.05) is 67.2 Å². The number of rotatable bonds is 3. The van der Waals surface area contributed by atoms with Gasteiger partial charge >= 0.3 is 6.18 Å². The smallest absolute Gasteiger partial charge is 0.378 e. The zero-order valence-corrected chi connectivity index (χ0v) is 16.1. The highest BCUT2D eigenvalue weighted by molar-refractivity contribution is 5.47. The van der Waals surface area contributed by atoms with Gasteiger partial charge in [0.2, 0.25) is 11.9 Å². The molecule has 0 unspecified atom stereocenters. The predicted molar refractivity (Wildman–Crippen MR) is 101 cm³/mol. The Kier molecular flexibility index (Phi) is 5.39. The standard InChI is InChI=1S/C18H22F3N7O/c1-13-12-15(26-8-10-29-11-9-26)25-17(23-13)28-6-4-27(5-7-28)16-22-3-2-14(24-16)18(19,20)21/h2-3,12H,4-11H2,1H3. The van der Waals surface area contributed by atoms with Gasteiger partial charge in [0.1, 0.15) is 11.5 Å². The van der Waals surface area contributed by atoms with Crippen molar-refractivity contribution in [2.24, 2.45) is 0 Å². The van der Waals surface area contributed by atoms with Gasteiger partial charge in [-0.1, -0.05) is 0 Å². The minimum atomic E-state index is -4.48. The summed E-state index contributed by atoms with van der Waals surface area (Å²) in [6.07, 6.45) is -3.33. The maximum Gasteiger partial charge on any atom is 0.433 e. The SMILES string of the molecule is Cc1cc(N2CCOCC2)nc(N2CCN(c3nccc(C(F)(F)F)n3)CC2)n1. The maximum absolute atomic E-state index is 12.9. The Hall–Kier alpha value is -2.69. The number of anilines is 3. The molecule has 0 aliphatic carbocycles. The van der Waals surface area contributed by atoms with Gasteiger partial charge in [-0.25, -0.2) is 15.0 Å². The second kappa shape index (κ2) is 7.97. The molecule has 0 aromatic carbocycles. The fraction of sp³-hybridized carbons (Fsp3) is 0.556. The molecule has 0 atom stereocenters. The molecule has 156 valence electrons. The van der Waals surface area contributed by atoms with Gasteiger partial charge in [-0.2, -0.15) is 18.2 Å². The van der Waals surface area contributed by atoms with Crippen molar-refractivity contribution in [2.45, 2.75) is 13.1 Å². The number of alkyl halides is 3. The first-order valence-electron chi connectivity index (χ1n) is 9.49. The van der Waals surface area contributed by atoms with Crippen LogP contribution in [0.25, 0.3) is 0 Å². The van der Waals surface area contributed by atoms with Crippen molar-refractivity contribution in [1.29, 1.82) is 0 Å². The third kappa shape index (κ3) is 4.50. The maximum atomic E-state index is 12.9. The number of ether oxygens (including phenoxy) is 1. The fourth-order valence-corrected chi connectivity index (χ4v) is 3.40. The zero-order chi connectivity index (χ0) is 20.4.